The van der Waals surface area contributed by atoms with Gasteiger partial charge < -0.3 is 16.4 Å². The van der Waals surface area contributed by atoms with Crippen LogP contribution in [0.4, 0.5) is 5.69 Å². The molecule has 3 rings (SSSR count). The summed E-state index contributed by atoms with van der Waals surface area (Å²) in [5.74, 6) is 6.66. The number of benzene rings is 1. The SMILES string of the molecule is CNSc1ccc(NC2CCCCC2)c(/C(N)=N/N(N)C2CCCNC2)c1. The lowest BCUT2D eigenvalue weighted by Gasteiger charge is -2.29. The fourth-order valence-corrected chi connectivity index (χ4v) is 4.38. The molecule has 0 radical (unpaired) electrons. The van der Waals surface area contributed by atoms with Crippen molar-refractivity contribution >= 4 is 23.5 Å². The van der Waals surface area contributed by atoms with Crippen LogP contribution < -0.4 is 26.9 Å². The highest BCUT2D eigenvalue weighted by Gasteiger charge is 2.20. The Hall–Kier alpha value is -1.48. The maximum atomic E-state index is 6.41. The molecule has 1 aromatic rings. The summed E-state index contributed by atoms with van der Waals surface area (Å²) in [6.45, 7) is 1.89. The highest BCUT2D eigenvalue weighted by molar-refractivity contribution is 7.97. The number of anilines is 1. The number of hydrogen-bond donors (Lipinski definition) is 5. The maximum absolute atomic E-state index is 6.41. The van der Waals surface area contributed by atoms with E-state index in [2.05, 4.69) is 38.7 Å². The molecule has 0 aromatic heterocycles. The highest BCUT2D eigenvalue weighted by atomic mass is 32.2. The molecule has 7 nitrogen and oxygen atoms in total. The van der Waals surface area contributed by atoms with E-state index in [9.17, 15) is 0 Å². The van der Waals surface area contributed by atoms with Crippen LogP contribution in [0.1, 0.15) is 50.5 Å². The van der Waals surface area contributed by atoms with E-state index in [0.29, 0.717) is 11.9 Å². The Morgan fingerprint density at radius 3 is 2.74 bits per heavy atom. The number of nitrogens with one attached hydrogen (secondary N) is 3. The third-order valence-corrected chi connectivity index (χ3v) is 6.01. The monoisotopic (exact) mass is 391 g/mol. The standard InChI is InChI=1S/C19H33N7S/c1-22-27-16-9-10-18(24-14-6-3-2-4-7-14)17(12-16)19(20)25-26(21)15-8-5-11-23-13-15/h9-10,12,14-15,22-24H,2-8,11,13,21H2,1H3,(H2,20,25). The van der Waals surface area contributed by atoms with E-state index in [0.717, 1.165) is 42.1 Å². The molecule has 1 unspecified atom stereocenters. The topological polar surface area (TPSA) is 104 Å². The van der Waals surface area contributed by atoms with Gasteiger partial charge in [0.15, 0.2) is 5.84 Å². The van der Waals surface area contributed by atoms with Gasteiger partial charge >= 0.3 is 0 Å². The van der Waals surface area contributed by atoms with Gasteiger partial charge in [0.1, 0.15) is 0 Å². The van der Waals surface area contributed by atoms with Gasteiger partial charge in [-0.2, -0.15) is 0 Å². The van der Waals surface area contributed by atoms with Crippen molar-refractivity contribution in [2.75, 3.05) is 25.5 Å². The van der Waals surface area contributed by atoms with E-state index in [-0.39, 0.29) is 6.04 Å². The van der Waals surface area contributed by atoms with Crippen LogP contribution in [0.25, 0.3) is 0 Å². The smallest absolute Gasteiger partial charge is 0.154 e. The number of nitrogens with zero attached hydrogens (tertiary/aromatic N) is 2. The number of rotatable bonds is 7. The summed E-state index contributed by atoms with van der Waals surface area (Å²) in [5.41, 5.74) is 8.37. The second kappa shape index (κ2) is 10.2. The fourth-order valence-electron chi connectivity index (χ4n) is 3.83. The number of amidine groups is 1. The van der Waals surface area contributed by atoms with Gasteiger partial charge in [-0.15, -0.1) is 5.10 Å². The first-order valence-electron chi connectivity index (χ1n) is 10.0. The van der Waals surface area contributed by atoms with Gasteiger partial charge in [-0.3, -0.25) is 4.72 Å². The first-order chi connectivity index (χ1) is 13.2. The molecule has 2 fully saturated rings. The van der Waals surface area contributed by atoms with Crippen molar-refractivity contribution in [2.45, 2.75) is 61.9 Å². The molecule has 0 spiro atoms. The van der Waals surface area contributed by atoms with E-state index >= 15 is 0 Å². The second-order valence-corrected chi connectivity index (χ2v) is 8.44. The predicted molar refractivity (Wildman–Crippen MR) is 114 cm³/mol. The fraction of sp³-hybridized carbons (Fsp3) is 0.632. The Kier molecular flexibility index (Phi) is 7.63. The zero-order valence-corrected chi connectivity index (χ0v) is 17.0. The summed E-state index contributed by atoms with van der Waals surface area (Å²) in [6, 6.07) is 6.98. The summed E-state index contributed by atoms with van der Waals surface area (Å²) in [7, 11) is 1.91. The van der Waals surface area contributed by atoms with Crippen molar-refractivity contribution in [1.82, 2.24) is 15.2 Å². The van der Waals surface area contributed by atoms with Gasteiger partial charge in [0.25, 0.3) is 0 Å². The van der Waals surface area contributed by atoms with Crippen LogP contribution in [-0.4, -0.2) is 43.2 Å². The zero-order valence-electron chi connectivity index (χ0n) is 16.2. The second-order valence-electron chi connectivity index (χ2n) is 7.36. The molecule has 0 amide bonds. The third-order valence-electron chi connectivity index (χ3n) is 5.32. The quantitative estimate of drug-likeness (QED) is 0.160. The first kappa shape index (κ1) is 20.3. The van der Waals surface area contributed by atoms with E-state index in [4.69, 9.17) is 11.6 Å². The molecule has 27 heavy (non-hydrogen) atoms. The molecule has 0 bridgehead atoms. The summed E-state index contributed by atoms with van der Waals surface area (Å²) in [4.78, 5) is 1.10. The van der Waals surface area contributed by atoms with Gasteiger partial charge in [0, 0.05) is 28.7 Å². The molecule has 1 aromatic carbocycles. The summed E-state index contributed by atoms with van der Waals surface area (Å²) in [5, 5.41) is 13.1. The lowest BCUT2D eigenvalue weighted by atomic mass is 9.95. The molecule has 1 aliphatic carbocycles. The van der Waals surface area contributed by atoms with Crippen molar-refractivity contribution in [3.8, 4) is 0 Å². The number of hydrazine groups is 1. The molecule has 1 atom stereocenters. The minimum atomic E-state index is 0.182. The minimum Gasteiger partial charge on any atom is -0.382 e. The summed E-state index contributed by atoms with van der Waals surface area (Å²) in [6.07, 6.45) is 8.47. The molecule has 2 aliphatic rings. The lowest BCUT2D eigenvalue weighted by Crippen LogP contribution is -2.47. The molecule has 8 heteroatoms. The Labute approximate surface area is 166 Å². The molecule has 1 saturated heterocycles. The molecule has 1 saturated carbocycles. The van der Waals surface area contributed by atoms with Gasteiger partial charge in [0.2, 0.25) is 0 Å². The Bertz CT molecular complexity index is 624. The largest absolute Gasteiger partial charge is 0.382 e. The molecule has 150 valence electrons. The number of piperidine rings is 1. The average molecular weight is 392 g/mol. The van der Waals surface area contributed by atoms with E-state index in [1.807, 2.05) is 7.05 Å². The lowest BCUT2D eigenvalue weighted by molar-refractivity contribution is 0.175. The van der Waals surface area contributed by atoms with Crippen LogP contribution in [0.15, 0.2) is 28.2 Å². The summed E-state index contributed by atoms with van der Waals surface area (Å²) >= 11 is 1.57. The highest BCUT2D eigenvalue weighted by Crippen LogP contribution is 2.27. The zero-order chi connectivity index (χ0) is 19.1. The summed E-state index contributed by atoms with van der Waals surface area (Å²) < 4.78 is 3.12. The van der Waals surface area contributed by atoms with Crippen molar-refractivity contribution < 1.29 is 0 Å². The molecule has 1 heterocycles. The van der Waals surface area contributed by atoms with E-state index in [1.54, 1.807) is 11.9 Å². The Balaban J connectivity index is 1.80. The number of hydrogen-bond acceptors (Lipinski definition) is 7. The van der Waals surface area contributed by atoms with Crippen molar-refractivity contribution in [1.29, 1.82) is 0 Å². The van der Waals surface area contributed by atoms with Crippen LogP contribution in [-0.2, 0) is 0 Å². The van der Waals surface area contributed by atoms with E-state index < -0.39 is 0 Å². The number of hydrazone groups is 1. The number of nitrogens with two attached hydrogens (primary N) is 2. The van der Waals surface area contributed by atoms with Crippen molar-refractivity contribution in [3.05, 3.63) is 23.8 Å². The van der Waals surface area contributed by atoms with Crippen LogP contribution in [0.3, 0.4) is 0 Å². The van der Waals surface area contributed by atoms with Crippen LogP contribution >= 0.6 is 11.9 Å². The Morgan fingerprint density at radius 2 is 2.04 bits per heavy atom. The molecular weight excluding hydrogens is 358 g/mol. The van der Waals surface area contributed by atoms with Crippen molar-refractivity contribution in [3.63, 3.8) is 0 Å². The predicted octanol–water partition coefficient (Wildman–Crippen LogP) is 2.21. The van der Waals surface area contributed by atoms with Crippen LogP contribution in [0.2, 0.25) is 0 Å². The van der Waals surface area contributed by atoms with Gasteiger partial charge in [-0.25, -0.2) is 11.0 Å². The van der Waals surface area contributed by atoms with Gasteiger partial charge in [0.05, 0.1) is 6.04 Å². The maximum Gasteiger partial charge on any atom is 0.154 e. The Morgan fingerprint density at radius 1 is 1.22 bits per heavy atom. The van der Waals surface area contributed by atoms with E-state index in [1.165, 1.54) is 37.2 Å². The first-order valence-corrected chi connectivity index (χ1v) is 10.8. The molecule has 1 aliphatic heterocycles. The van der Waals surface area contributed by atoms with Crippen LogP contribution in [0, 0.1) is 0 Å². The molecule has 7 N–H and O–H groups in total. The third kappa shape index (κ3) is 5.75. The van der Waals surface area contributed by atoms with Gasteiger partial charge in [-0.1, -0.05) is 19.3 Å². The van der Waals surface area contributed by atoms with Crippen molar-refractivity contribution in [2.24, 2.45) is 16.7 Å². The average Bonchev–Trinajstić information content (AvgIpc) is 2.70. The van der Waals surface area contributed by atoms with Gasteiger partial charge in [-0.05, 0) is 69.4 Å². The van der Waals surface area contributed by atoms with Crippen LogP contribution in [0.5, 0.6) is 0 Å². The minimum absolute atomic E-state index is 0.182. The molecular formula is C19H33N7S. The normalized spacial score (nSPS) is 21.9.